The van der Waals surface area contributed by atoms with Crippen molar-refractivity contribution in [3.63, 3.8) is 0 Å². The number of carbonyl (C=O) groups is 1. The van der Waals surface area contributed by atoms with Crippen LogP contribution in [0.4, 0.5) is 10.6 Å². The van der Waals surface area contributed by atoms with Gasteiger partial charge in [0, 0.05) is 13.0 Å². The van der Waals surface area contributed by atoms with Crippen molar-refractivity contribution in [1.82, 2.24) is 15.1 Å². The van der Waals surface area contributed by atoms with Crippen molar-refractivity contribution in [3.8, 4) is 23.0 Å². The molecule has 0 radical (unpaired) electrons. The fraction of sp³-hybridized carbons (Fsp3) is 0.182. The first-order valence-corrected chi connectivity index (χ1v) is 9.00. The molecule has 140 valence electrons. The number of hydrogen-bond donors (Lipinski definition) is 2. The molecular formula is C22H20N4O2. The van der Waals surface area contributed by atoms with E-state index in [0.717, 1.165) is 0 Å². The van der Waals surface area contributed by atoms with E-state index in [1.165, 1.54) is 22.3 Å². The molecule has 4 rings (SSSR count). The lowest BCUT2D eigenvalue weighted by atomic mass is 9.98. The second-order valence-corrected chi connectivity index (χ2v) is 6.55. The first-order valence-electron chi connectivity index (χ1n) is 9.00. The van der Waals surface area contributed by atoms with E-state index in [4.69, 9.17) is 10.5 Å². The van der Waals surface area contributed by atoms with Crippen LogP contribution in [0, 0.1) is 11.8 Å². The van der Waals surface area contributed by atoms with Crippen LogP contribution in [-0.4, -0.2) is 29.0 Å². The van der Waals surface area contributed by atoms with Gasteiger partial charge in [0.25, 0.3) is 0 Å². The molecule has 3 N–H and O–H groups in total. The monoisotopic (exact) mass is 372 g/mol. The van der Waals surface area contributed by atoms with Crippen molar-refractivity contribution in [2.75, 3.05) is 18.9 Å². The molecule has 0 atom stereocenters. The van der Waals surface area contributed by atoms with Gasteiger partial charge >= 0.3 is 6.09 Å². The maximum atomic E-state index is 12.1. The first-order chi connectivity index (χ1) is 13.6. The Hall–Kier alpha value is -3.72. The predicted molar refractivity (Wildman–Crippen MR) is 108 cm³/mol. The van der Waals surface area contributed by atoms with Crippen molar-refractivity contribution >= 4 is 11.9 Å². The summed E-state index contributed by atoms with van der Waals surface area (Å²) in [5.74, 6) is 6.27. The largest absolute Gasteiger partial charge is 0.449 e. The number of rotatable bonds is 3. The van der Waals surface area contributed by atoms with E-state index in [9.17, 15) is 4.79 Å². The van der Waals surface area contributed by atoms with Gasteiger partial charge in [-0.2, -0.15) is 5.10 Å². The minimum Gasteiger partial charge on any atom is -0.449 e. The second-order valence-electron chi connectivity index (χ2n) is 6.55. The van der Waals surface area contributed by atoms with Gasteiger partial charge in [0.2, 0.25) is 0 Å². The van der Waals surface area contributed by atoms with E-state index >= 15 is 0 Å². The Morgan fingerprint density at radius 3 is 2.43 bits per heavy atom. The number of ether oxygens (including phenoxy) is 1. The molecule has 0 bridgehead atoms. The minimum absolute atomic E-state index is 0.0411. The van der Waals surface area contributed by atoms with Crippen LogP contribution in [0.5, 0.6) is 0 Å². The molecule has 1 heterocycles. The molecule has 0 saturated heterocycles. The summed E-state index contributed by atoms with van der Waals surface area (Å²) in [6.07, 6.45) is 1.10. The van der Waals surface area contributed by atoms with Crippen LogP contribution in [0.2, 0.25) is 0 Å². The normalized spacial score (nSPS) is 11.9. The lowest BCUT2D eigenvalue weighted by molar-refractivity contribution is 0.144. The van der Waals surface area contributed by atoms with Crippen LogP contribution in [-0.2, 0) is 11.8 Å². The van der Waals surface area contributed by atoms with Gasteiger partial charge in [-0.1, -0.05) is 60.4 Å². The van der Waals surface area contributed by atoms with E-state index in [1.54, 1.807) is 17.9 Å². The molecule has 6 nitrogen and oxygen atoms in total. The van der Waals surface area contributed by atoms with E-state index in [0.29, 0.717) is 11.4 Å². The standard InChI is InChI=1S/C22H20N4O2/c1-26-21(23)15(13-25-26)7-6-12-24-22(27)28-14-20-18-10-4-2-8-16(18)17-9-3-5-11-19(17)20/h2-5,8-11,13,20H,12,14,23H2,1H3,(H,24,27). The fourth-order valence-corrected chi connectivity index (χ4v) is 3.45. The van der Waals surface area contributed by atoms with Gasteiger partial charge in [0.05, 0.1) is 18.3 Å². The summed E-state index contributed by atoms with van der Waals surface area (Å²) in [6.45, 7) is 0.452. The lowest BCUT2D eigenvalue weighted by Crippen LogP contribution is -2.26. The van der Waals surface area contributed by atoms with Gasteiger partial charge in [-0.05, 0) is 22.3 Å². The molecule has 0 spiro atoms. The van der Waals surface area contributed by atoms with Crippen LogP contribution >= 0.6 is 0 Å². The molecule has 1 aliphatic rings. The molecule has 0 fully saturated rings. The van der Waals surface area contributed by atoms with Crippen molar-refractivity contribution in [3.05, 3.63) is 71.4 Å². The Kier molecular flexibility index (Phi) is 4.73. The summed E-state index contributed by atoms with van der Waals surface area (Å²) in [6, 6.07) is 16.5. The summed E-state index contributed by atoms with van der Waals surface area (Å²) >= 11 is 0. The van der Waals surface area contributed by atoms with E-state index in [2.05, 4.69) is 46.5 Å². The first kappa shape index (κ1) is 17.7. The number of anilines is 1. The smallest absolute Gasteiger partial charge is 0.407 e. The topological polar surface area (TPSA) is 82.2 Å². The maximum Gasteiger partial charge on any atom is 0.407 e. The molecule has 0 saturated carbocycles. The summed E-state index contributed by atoms with van der Waals surface area (Å²) in [5, 5.41) is 6.67. The van der Waals surface area contributed by atoms with Gasteiger partial charge in [-0.3, -0.25) is 4.68 Å². The quantitative estimate of drug-likeness (QED) is 0.693. The molecule has 1 amide bonds. The van der Waals surface area contributed by atoms with Gasteiger partial charge in [-0.25, -0.2) is 4.79 Å². The number of benzene rings is 2. The summed E-state index contributed by atoms with van der Waals surface area (Å²) in [7, 11) is 1.75. The number of carbonyl (C=O) groups excluding carboxylic acids is 1. The molecule has 2 aromatic carbocycles. The number of nitrogens with zero attached hydrogens (tertiary/aromatic N) is 2. The molecule has 1 aromatic heterocycles. The molecule has 1 aliphatic carbocycles. The number of hydrogen-bond acceptors (Lipinski definition) is 4. The van der Waals surface area contributed by atoms with E-state index in [1.807, 2.05) is 24.3 Å². The molecule has 0 unspecified atom stereocenters. The fourth-order valence-electron chi connectivity index (χ4n) is 3.45. The second kappa shape index (κ2) is 7.49. The number of aromatic nitrogens is 2. The Balaban J connectivity index is 1.36. The highest BCUT2D eigenvalue weighted by Gasteiger charge is 2.28. The van der Waals surface area contributed by atoms with Gasteiger partial charge in [-0.15, -0.1) is 0 Å². The zero-order chi connectivity index (χ0) is 19.5. The number of aryl methyl sites for hydroxylation is 1. The highest BCUT2D eigenvalue weighted by molar-refractivity contribution is 5.79. The van der Waals surface area contributed by atoms with Crippen LogP contribution in [0.25, 0.3) is 11.1 Å². The van der Waals surface area contributed by atoms with Crippen molar-refractivity contribution in [1.29, 1.82) is 0 Å². The average molecular weight is 372 g/mol. The highest BCUT2D eigenvalue weighted by Crippen LogP contribution is 2.44. The number of amides is 1. The van der Waals surface area contributed by atoms with Crippen LogP contribution in [0.1, 0.15) is 22.6 Å². The number of fused-ring (bicyclic) bond motifs is 3. The van der Waals surface area contributed by atoms with Gasteiger partial charge in [0.15, 0.2) is 0 Å². The SMILES string of the molecule is Cn1ncc(C#CCNC(=O)OCC2c3ccccc3-c3ccccc32)c1N. The lowest BCUT2D eigenvalue weighted by Gasteiger charge is -2.14. The number of alkyl carbamates (subject to hydrolysis) is 1. The Morgan fingerprint density at radius 2 is 1.82 bits per heavy atom. The third kappa shape index (κ3) is 3.30. The number of nitrogen functional groups attached to an aromatic ring is 1. The molecule has 28 heavy (non-hydrogen) atoms. The maximum absolute atomic E-state index is 12.1. The molecular weight excluding hydrogens is 352 g/mol. The van der Waals surface area contributed by atoms with Crippen LogP contribution in [0.3, 0.4) is 0 Å². The summed E-state index contributed by atoms with van der Waals surface area (Å²) in [4.78, 5) is 12.1. The predicted octanol–water partition coefficient (Wildman–Crippen LogP) is 2.89. The third-order valence-electron chi connectivity index (χ3n) is 4.87. The van der Waals surface area contributed by atoms with Gasteiger partial charge in [0.1, 0.15) is 12.4 Å². The van der Waals surface area contributed by atoms with Crippen LogP contribution in [0.15, 0.2) is 54.7 Å². The Bertz CT molecular complexity index is 1050. The third-order valence-corrected chi connectivity index (χ3v) is 4.87. The zero-order valence-corrected chi connectivity index (χ0v) is 15.5. The number of nitrogens with two attached hydrogens (primary N) is 1. The minimum atomic E-state index is -0.490. The molecule has 3 aromatic rings. The van der Waals surface area contributed by atoms with E-state index < -0.39 is 6.09 Å². The van der Waals surface area contributed by atoms with E-state index in [-0.39, 0.29) is 19.1 Å². The summed E-state index contributed by atoms with van der Waals surface area (Å²) in [5.41, 5.74) is 11.2. The van der Waals surface area contributed by atoms with Crippen LogP contribution < -0.4 is 11.1 Å². The van der Waals surface area contributed by atoms with Crippen molar-refractivity contribution in [2.45, 2.75) is 5.92 Å². The zero-order valence-electron chi connectivity index (χ0n) is 15.5. The molecule has 6 heteroatoms. The van der Waals surface area contributed by atoms with Crippen molar-refractivity contribution in [2.24, 2.45) is 7.05 Å². The Morgan fingerprint density at radius 1 is 1.18 bits per heavy atom. The summed E-state index contributed by atoms with van der Waals surface area (Å²) < 4.78 is 7.01. The number of nitrogens with one attached hydrogen (secondary N) is 1. The van der Waals surface area contributed by atoms with Crippen molar-refractivity contribution < 1.29 is 9.53 Å². The van der Waals surface area contributed by atoms with Gasteiger partial charge < -0.3 is 15.8 Å². The highest BCUT2D eigenvalue weighted by atomic mass is 16.5. The average Bonchev–Trinajstić information content (AvgIpc) is 3.21. The molecule has 0 aliphatic heterocycles. The Labute approximate surface area is 163 Å².